The van der Waals surface area contributed by atoms with Gasteiger partial charge >= 0.3 is 5.97 Å². The van der Waals surface area contributed by atoms with Gasteiger partial charge in [-0.2, -0.15) is 19.9 Å². The number of hydrogen-bond acceptors (Lipinski definition) is 20. The third-order valence-corrected chi connectivity index (χ3v) is 12.0. The number of carbonyl (C=O) groups is 4. The van der Waals surface area contributed by atoms with E-state index >= 15 is 0 Å². The molecule has 0 saturated carbocycles. The van der Waals surface area contributed by atoms with Gasteiger partial charge in [0.05, 0.1) is 12.7 Å². The maximum absolute atomic E-state index is 12.2. The van der Waals surface area contributed by atoms with Crippen molar-refractivity contribution in [2.75, 3.05) is 48.3 Å². The number of ether oxygens (including phenoxy) is 2. The number of amides is 2. The molecule has 8 rings (SSSR count). The van der Waals surface area contributed by atoms with E-state index in [9.17, 15) is 39.6 Å². The first kappa shape index (κ1) is 52.4. The van der Waals surface area contributed by atoms with E-state index in [0.29, 0.717) is 68.5 Å². The zero-order valence-electron chi connectivity index (χ0n) is 39.9. The fourth-order valence-corrected chi connectivity index (χ4v) is 8.12. The quantitative estimate of drug-likeness (QED) is 0.0486. The van der Waals surface area contributed by atoms with Crippen LogP contribution in [0.25, 0.3) is 22.3 Å². The van der Waals surface area contributed by atoms with Crippen LogP contribution in [0.15, 0.2) is 61.2 Å². The first-order valence-corrected chi connectivity index (χ1v) is 23.5. The Balaban J connectivity index is 0.000000211. The van der Waals surface area contributed by atoms with Crippen molar-refractivity contribution in [1.82, 2.24) is 49.7 Å². The van der Waals surface area contributed by atoms with E-state index in [4.69, 9.17) is 26.0 Å². The number of hydrogen-bond donors (Lipinski definition) is 11. The summed E-state index contributed by atoms with van der Waals surface area (Å²) in [6.07, 6.45) is -4.30. The lowest BCUT2D eigenvalue weighted by Crippen LogP contribution is -2.42. The maximum Gasteiger partial charge on any atom is 0.303 e. The minimum Gasteiger partial charge on any atom is -0.481 e. The number of aliphatic hydroxyl groups excluding tert-OH is 4. The summed E-state index contributed by atoms with van der Waals surface area (Å²) >= 11 is 0. The van der Waals surface area contributed by atoms with Crippen molar-refractivity contribution in [3.05, 3.63) is 83.4 Å². The molecule has 13 N–H and O–H groups in total. The Morgan fingerprint density at radius 2 is 0.958 bits per heavy atom. The van der Waals surface area contributed by atoms with E-state index in [1.165, 1.54) is 21.8 Å². The van der Waals surface area contributed by atoms with Crippen molar-refractivity contribution < 1.29 is 54.2 Å². The topological polar surface area (TPSA) is 375 Å². The first-order valence-electron chi connectivity index (χ1n) is 23.5. The van der Waals surface area contributed by atoms with Gasteiger partial charge in [-0.05, 0) is 68.7 Å². The van der Waals surface area contributed by atoms with Crippen LogP contribution in [0.4, 0.5) is 23.5 Å². The van der Waals surface area contributed by atoms with Crippen LogP contribution in [-0.4, -0.2) is 151 Å². The zero-order chi connectivity index (χ0) is 51.6. The SMILES string of the molecule is CCNC(=O)[C@H]1O[C@@H](n2cnc3c(N)nc(NCCc4ccc(CCC(=O)O)cc4)nc32)[C@H](O)[C@@H]1O.CCNC(=O)[C@H]1O[C@@H](n2cnc3c(N)nc(NCCc4ccc(CCC(C)=O)cc4)nc32)[C@H](O)[C@@H]1O. The van der Waals surface area contributed by atoms with Crippen molar-refractivity contribution in [3.63, 3.8) is 0 Å². The van der Waals surface area contributed by atoms with E-state index in [2.05, 4.69) is 51.2 Å². The highest BCUT2D eigenvalue weighted by molar-refractivity contribution is 5.85. The zero-order valence-corrected chi connectivity index (χ0v) is 39.9. The third-order valence-electron chi connectivity index (χ3n) is 12.0. The van der Waals surface area contributed by atoms with E-state index < -0.39 is 66.9 Å². The van der Waals surface area contributed by atoms with E-state index in [1.807, 2.05) is 48.5 Å². The number of nitrogens with one attached hydrogen (secondary N) is 4. The summed E-state index contributed by atoms with van der Waals surface area (Å²) in [5.41, 5.74) is 17.6. The highest BCUT2D eigenvalue weighted by Crippen LogP contribution is 2.34. The van der Waals surface area contributed by atoms with Gasteiger partial charge in [-0.25, -0.2) is 9.97 Å². The molecule has 4 aromatic heterocycles. The van der Waals surface area contributed by atoms with Crippen molar-refractivity contribution >= 4 is 69.4 Å². The average Bonchev–Trinajstić information content (AvgIpc) is 4.12. The summed E-state index contributed by atoms with van der Waals surface area (Å²) in [4.78, 5) is 72.1. The maximum atomic E-state index is 12.2. The number of aryl methyl sites for hydroxylation is 2. The molecular weight excluding hydrogens is 937 g/mol. The van der Waals surface area contributed by atoms with Crippen LogP contribution < -0.4 is 32.7 Å². The summed E-state index contributed by atoms with van der Waals surface area (Å²) in [5, 5.41) is 62.0. The largest absolute Gasteiger partial charge is 0.481 e. The van der Waals surface area contributed by atoms with Crippen molar-refractivity contribution in [1.29, 1.82) is 0 Å². The molecule has 0 radical (unpaired) electrons. The summed E-state index contributed by atoms with van der Waals surface area (Å²) in [6, 6.07) is 15.8. The second kappa shape index (κ2) is 23.7. The third kappa shape index (κ3) is 12.4. The van der Waals surface area contributed by atoms with Crippen LogP contribution in [0, 0.1) is 0 Å². The Labute approximate surface area is 412 Å². The second-order valence-corrected chi connectivity index (χ2v) is 17.2. The summed E-state index contributed by atoms with van der Waals surface area (Å²) in [7, 11) is 0. The van der Waals surface area contributed by atoms with Gasteiger partial charge in [-0.3, -0.25) is 23.5 Å². The number of nitrogens with two attached hydrogens (primary N) is 2. The van der Waals surface area contributed by atoms with Crippen LogP contribution in [0.5, 0.6) is 0 Å². The lowest BCUT2D eigenvalue weighted by atomic mass is 10.0. The van der Waals surface area contributed by atoms with Gasteiger partial charge in [0.2, 0.25) is 11.9 Å². The number of Topliss-reactive ketones (excluding diaryl/α,β-unsaturated/α-hetero) is 1. The molecule has 6 aromatic rings. The molecule has 2 saturated heterocycles. The molecule has 25 heteroatoms. The number of rotatable bonds is 20. The Bertz CT molecular complexity index is 2650. The molecule has 0 spiro atoms. The number of anilines is 4. The van der Waals surface area contributed by atoms with Gasteiger partial charge in [0.25, 0.3) is 11.8 Å². The molecule has 2 aliphatic rings. The number of carboxylic acids is 1. The number of nitrogen functional groups attached to an aromatic ring is 2. The molecule has 0 bridgehead atoms. The Hall–Kier alpha value is -7.42. The van der Waals surface area contributed by atoms with Gasteiger partial charge < -0.3 is 72.5 Å². The number of fused-ring (bicyclic) bond motifs is 2. The van der Waals surface area contributed by atoms with Gasteiger partial charge in [0.15, 0.2) is 47.6 Å². The molecular formula is C47H60N14O11. The molecule has 0 aliphatic carbocycles. The summed E-state index contributed by atoms with van der Waals surface area (Å²) < 4.78 is 14.2. The number of nitrogens with zero attached hydrogens (tertiary/aromatic N) is 8. The minimum absolute atomic E-state index is 0.0905. The smallest absolute Gasteiger partial charge is 0.303 e. The normalized spacial score (nSPS) is 21.5. The van der Waals surface area contributed by atoms with Crippen LogP contribution in [0.3, 0.4) is 0 Å². The molecule has 2 amide bonds. The van der Waals surface area contributed by atoms with Crippen molar-refractivity contribution in [3.8, 4) is 0 Å². The molecule has 72 heavy (non-hydrogen) atoms. The number of imidazole rings is 2. The van der Waals surface area contributed by atoms with E-state index in [-0.39, 0.29) is 41.4 Å². The lowest BCUT2D eigenvalue weighted by Gasteiger charge is -2.16. The fourth-order valence-electron chi connectivity index (χ4n) is 8.12. The van der Waals surface area contributed by atoms with Crippen LogP contribution in [0.1, 0.15) is 68.3 Å². The molecule has 0 unspecified atom stereocenters. The number of aliphatic hydroxyl groups is 4. The van der Waals surface area contributed by atoms with Gasteiger partial charge in [-0.15, -0.1) is 0 Å². The highest BCUT2D eigenvalue weighted by atomic mass is 16.6. The Kier molecular flexibility index (Phi) is 17.2. The lowest BCUT2D eigenvalue weighted by molar-refractivity contribution is -0.138. The summed E-state index contributed by atoms with van der Waals surface area (Å²) in [5.74, 6) is -0.912. The minimum atomic E-state index is -1.42. The van der Waals surface area contributed by atoms with Gasteiger partial charge in [0.1, 0.15) is 41.2 Å². The highest BCUT2D eigenvalue weighted by Gasteiger charge is 2.49. The van der Waals surface area contributed by atoms with Crippen molar-refractivity contribution in [2.24, 2.45) is 0 Å². The van der Waals surface area contributed by atoms with Crippen LogP contribution in [-0.2, 0) is 54.3 Å². The number of likely N-dealkylation sites (N-methyl/N-ethyl adjacent to an activating group) is 2. The molecule has 2 aliphatic heterocycles. The molecule has 384 valence electrons. The monoisotopic (exact) mass is 996 g/mol. The molecule has 25 nitrogen and oxygen atoms in total. The number of benzene rings is 2. The second-order valence-electron chi connectivity index (χ2n) is 17.2. The Morgan fingerprint density at radius 1 is 0.583 bits per heavy atom. The molecule has 2 fully saturated rings. The number of carbonyl (C=O) groups excluding carboxylic acids is 3. The predicted molar refractivity (Wildman–Crippen MR) is 261 cm³/mol. The van der Waals surface area contributed by atoms with Crippen molar-refractivity contribution in [2.45, 2.75) is 108 Å². The number of aromatic nitrogens is 8. The van der Waals surface area contributed by atoms with E-state index in [0.717, 1.165) is 28.7 Å². The van der Waals surface area contributed by atoms with Gasteiger partial charge in [0, 0.05) is 39.0 Å². The molecule has 8 atom stereocenters. The standard InChI is InChI=1S/C24H31N7O5.C23H29N7O6/c1-3-26-22(35)19-17(33)18(34)23(36-19)31-12-28-16-20(25)29-24(30-21(16)31)27-11-10-15-8-6-14(7-9-15)5-4-13(2)32;1-2-25-21(35)18-16(33)17(34)22(36-18)30-11-27-15-19(24)28-23(29-20(15)30)26-10-9-13-5-3-12(4-6-13)7-8-14(31)32/h6-9,12,17-19,23,33-34H,3-5,10-11H2,1-2H3,(H,26,35)(H3,25,27,29,30);3-6,11,16-18,22,33-34H,2,7-10H2,1H3,(H,25,35)(H,31,32)(H3,24,26,28,29)/t17-,18+,19-,23+;16-,17+,18-,22+/m00/s1. The number of aliphatic carboxylic acids is 1. The van der Waals surface area contributed by atoms with E-state index in [1.54, 1.807) is 20.8 Å². The Morgan fingerprint density at radius 3 is 1.32 bits per heavy atom. The number of ketones is 1. The summed E-state index contributed by atoms with van der Waals surface area (Å²) in [6.45, 7) is 6.82. The fraction of sp³-hybridized carbons (Fsp3) is 0.447. The molecule has 6 heterocycles. The van der Waals surface area contributed by atoms with Crippen LogP contribution >= 0.6 is 0 Å². The first-order chi connectivity index (χ1) is 34.6. The van der Waals surface area contributed by atoms with Gasteiger partial charge in [-0.1, -0.05) is 48.5 Å². The average molecular weight is 997 g/mol. The molecule has 2 aromatic carbocycles. The number of carboxylic acid groups (broad SMARTS) is 1. The predicted octanol–water partition coefficient (Wildman–Crippen LogP) is 0.176. The van der Waals surface area contributed by atoms with Crippen LogP contribution in [0.2, 0.25) is 0 Å².